The van der Waals surface area contributed by atoms with Crippen LogP contribution in [0.25, 0.3) is 0 Å². The average Bonchev–Trinajstić information content (AvgIpc) is 3.48. The highest BCUT2D eigenvalue weighted by Gasteiger charge is 2.34. The second kappa shape index (κ2) is 15.3. The molecule has 2 aliphatic carbocycles. The molecule has 44 heavy (non-hydrogen) atoms. The zero-order valence-corrected chi connectivity index (χ0v) is 26.3. The zero-order valence-electron chi connectivity index (χ0n) is 26.3. The molecule has 1 heterocycles. The fraction of sp³-hybridized carbons (Fsp3) is 0.606. The first-order valence-electron chi connectivity index (χ1n) is 16.1. The average molecular weight is 611 g/mol. The van der Waals surface area contributed by atoms with Crippen LogP contribution in [0.1, 0.15) is 101 Å². The second-order valence-corrected chi connectivity index (χ2v) is 12.5. The van der Waals surface area contributed by atoms with Crippen LogP contribution in [0.2, 0.25) is 0 Å². The van der Waals surface area contributed by atoms with Gasteiger partial charge in [-0.2, -0.15) is 5.10 Å². The lowest BCUT2D eigenvalue weighted by Gasteiger charge is -2.32. The van der Waals surface area contributed by atoms with Gasteiger partial charge in [0.15, 0.2) is 0 Å². The minimum atomic E-state index is -0.868. The Morgan fingerprint density at radius 2 is 1.73 bits per heavy atom. The third-order valence-electron chi connectivity index (χ3n) is 9.34. The van der Waals surface area contributed by atoms with Crippen LogP contribution < -0.4 is 21.3 Å². The summed E-state index contributed by atoms with van der Waals surface area (Å²) in [6.45, 7) is 8.61. The van der Waals surface area contributed by atoms with Crippen molar-refractivity contribution in [1.29, 1.82) is 0 Å². The van der Waals surface area contributed by atoms with Crippen LogP contribution in [0.15, 0.2) is 30.5 Å². The van der Waals surface area contributed by atoms with Gasteiger partial charge in [0.2, 0.25) is 17.7 Å². The van der Waals surface area contributed by atoms with Gasteiger partial charge in [0.25, 0.3) is 5.91 Å². The van der Waals surface area contributed by atoms with E-state index in [2.05, 4.69) is 33.3 Å². The minimum absolute atomic E-state index is 0.0171. The number of carbonyl (C=O) groups is 4. The number of rotatable bonds is 13. The Morgan fingerprint density at radius 1 is 1.00 bits per heavy atom. The summed E-state index contributed by atoms with van der Waals surface area (Å²) in [6, 6.07) is 4.32. The number of amides is 4. The highest BCUT2D eigenvalue weighted by atomic mass is 19.1. The second-order valence-electron chi connectivity index (χ2n) is 12.5. The summed E-state index contributed by atoms with van der Waals surface area (Å²) in [7, 11) is 0. The molecule has 4 amide bonds. The van der Waals surface area contributed by atoms with E-state index >= 15 is 4.39 Å². The SMILES string of the molecule is CCC(=O)NC(C(=O)NCC1CCC1)C(C)c1ccc(NC(=O)[C@@H](NC(=O)c2ccnn2CC)C2CCC(C)CC2)c(F)c1. The number of aromatic nitrogens is 2. The molecule has 2 fully saturated rings. The van der Waals surface area contributed by atoms with Gasteiger partial charge in [-0.3, -0.25) is 23.9 Å². The Morgan fingerprint density at radius 3 is 2.34 bits per heavy atom. The maximum atomic E-state index is 15.5. The molecule has 4 rings (SSSR count). The first-order valence-corrected chi connectivity index (χ1v) is 16.1. The molecule has 1 aromatic carbocycles. The Hall–Kier alpha value is -3.76. The van der Waals surface area contributed by atoms with E-state index in [4.69, 9.17) is 0 Å². The molecule has 2 unspecified atom stereocenters. The van der Waals surface area contributed by atoms with Gasteiger partial charge in [-0.1, -0.05) is 46.1 Å². The van der Waals surface area contributed by atoms with E-state index in [1.165, 1.54) is 12.1 Å². The molecule has 0 aliphatic heterocycles. The molecule has 10 nitrogen and oxygen atoms in total. The van der Waals surface area contributed by atoms with Crippen molar-refractivity contribution >= 4 is 29.3 Å². The van der Waals surface area contributed by atoms with Crippen LogP contribution in [0.5, 0.6) is 0 Å². The molecule has 0 bridgehead atoms. The summed E-state index contributed by atoms with van der Waals surface area (Å²) >= 11 is 0. The minimum Gasteiger partial charge on any atom is -0.354 e. The van der Waals surface area contributed by atoms with Crippen LogP contribution in [0.3, 0.4) is 0 Å². The summed E-state index contributed by atoms with van der Waals surface area (Å²) < 4.78 is 17.1. The van der Waals surface area contributed by atoms with Crippen molar-refractivity contribution in [2.24, 2.45) is 17.8 Å². The molecule has 2 aliphatic rings. The third kappa shape index (κ3) is 8.24. The van der Waals surface area contributed by atoms with Crippen molar-refractivity contribution in [2.45, 2.75) is 104 Å². The first kappa shape index (κ1) is 33.1. The van der Waals surface area contributed by atoms with E-state index < -0.39 is 35.6 Å². The summed E-state index contributed by atoms with van der Waals surface area (Å²) in [5, 5.41) is 15.5. The largest absolute Gasteiger partial charge is 0.354 e. The summed E-state index contributed by atoms with van der Waals surface area (Å²) in [4.78, 5) is 52.2. The molecular formula is C33H47FN6O4. The third-order valence-corrected chi connectivity index (χ3v) is 9.34. The molecule has 11 heteroatoms. The van der Waals surface area contributed by atoms with E-state index in [1.807, 2.05) is 6.92 Å². The van der Waals surface area contributed by atoms with Gasteiger partial charge < -0.3 is 21.3 Å². The Balaban J connectivity index is 1.49. The summed E-state index contributed by atoms with van der Waals surface area (Å²) in [6.07, 6.45) is 8.53. The van der Waals surface area contributed by atoms with Gasteiger partial charge in [0, 0.05) is 31.6 Å². The van der Waals surface area contributed by atoms with Crippen molar-refractivity contribution < 1.29 is 23.6 Å². The predicted molar refractivity (Wildman–Crippen MR) is 166 cm³/mol. The van der Waals surface area contributed by atoms with Crippen molar-refractivity contribution in [3.8, 4) is 0 Å². The number of halogens is 1. The van der Waals surface area contributed by atoms with Crippen molar-refractivity contribution in [3.63, 3.8) is 0 Å². The summed E-state index contributed by atoms with van der Waals surface area (Å²) in [5.74, 6) is -1.72. The van der Waals surface area contributed by atoms with Crippen LogP contribution in [0, 0.1) is 23.6 Å². The van der Waals surface area contributed by atoms with E-state index in [9.17, 15) is 19.2 Å². The van der Waals surface area contributed by atoms with Crippen molar-refractivity contribution in [3.05, 3.63) is 47.5 Å². The van der Waals surface area contributed by atoms with Gasteiger partial charge in [0.05, 0.1) is 5.69 Å². The zero-order chi connectivity index (χ0) is 31.8. The van der Waals surface area contributed by atoms with Gasteiger partial charge in [-0.25, -0.2) is 4.39 Å². The molecule has 240 valence electrons. The van der Waals surface area contributed by atoms with Gasteiger partial charge in [0.1, 0.15) is 23.6 Å². The standard InChI is InChI=1S/C33H47FN6O4/c1-5-28(41)38-29(32(43)35-19-22-8-7-9-22)21(4)24-14-15-26(25(34)18-24)37-33(44)30(23-12-10-20(3)11-13-23)39-31(42)27-16-17-36-40(27)6-2/h14-18,20-23,29-30H,5-13,19H2,1-4H3,(H,35,43)(H,37,44)(H,38,41)(H,39,42)/t20?,21?,23?,29?,30-/m0/s1. The lowest BCUT2D eigenvalue weighted by molar-refractivity contribution is -0.129. The number of aryl methyl sites for hydroxylation is 1. The number of hydrogen-bond donors (Lipinski definition) is 4. The smallest absolute Gasteiger partial charge is 0.270 e. The van der Waals surface area contributed by atoms with Crippen molar-refractivity contribution in [1.82, 2.24) is 25.7 Å². The molecular weight excluding hydrogens is 563 g/mol. The van der Waals surface area contributed by atoms with Crippen LogP contribution in [0.4, 0.5) is 10.1 Å². The maximum Gasteiger partial charge on any atom is 0.270 e. The predicted octanol–water partition coefficient (Wildman–Crippen LogP) is 4.52. The van der Waals surface area contributed by atoms with Gasteiger partial charge >= 0.3 is 0 Å². The highest BCUT2D eigenvalue weighted by Crippen LogP contribution is 2.32. The molecule has 1 aromatic heterocycles. The normalized spacial score (nSPS) is 20.5. The van der Waals surface area contributed by atoms with E-state index in [0.717, 1.165) is 44.9 Å². The fourth-order valence-corrected chi connectivity index (χ4v) is 6.07. The number of anilines is 1. The van der Waals surface area contributed by atoms with E-state index in [-0.39, 0.29) is 29.8 Å². The highest BCUT2D eigenvalue weighted by molar-refractivity contribution is 6.00. The first-order chi connectivity index (χ1) is 21.1. The molecule has 3 atom stereocenters. The molecule has 0 radical (unpaired) electrons. The number of benzene rings is 1. The van der Waals surface area contributed by atoms with Crippen LogP contribution in [-0.2, 0) is 20.9 Å². The van der Waals surface area contributed by atoms with Crippen molar-refractivity contribution in [2.75, 3.05) is 11.9 Å². The molecule has 4 N–H and O–H groups in total. The van der Waals surface area contributed by atoms with Gasteiger partial charge in [-0.05, 0) is 74.1 Å². The quantitative estimate of drug-likeness (QED) is 0.265. The van der Waals surface area contributed by atoms with E-state index in [0.29, 0.717) is 36.2 Å². The molecule has 0 spiro atoms. The topological polar surface area (TPSA) is 134 Å². The Bertz CT molecular complexity index is 1320. The van der Waals surface area contributed by atoms with Crippen LogP contribution in [-0.4, -0.2) is 52.0 Å². The molecule has 2 aromatic rings. The fourth-order valence-electron chi connectivity index (χ4n) is 6.07. The Kier molecular flexibility index (Phi) is 11.5. The maximum absolute atomic E-state index is 15.5. The van der Waals surface area contributed by atoms with Crippen LogP contribution >= 0.6 is 0 Å². The molecule has 0 saturated heterocycles. The monoisotopic (exact) mass is 610 g/mol. The number of hydrogen-bond acceptors (Lipinski definition) is 5. The van der Waals surface area contributed by atoms with E-state index in [1.54, 1.807) is 36.9 Å². The summed E-state index contributed by atoms with van der Waals surface area (Å²) in [5.41, 5.74) is 0.858. The number of nitrogens with one attached hydrogen (secondary N) is 4. The van der Waals surface area contributed by atoms with Gasteiger partial charge in [-0.15, -0.1) is 0 Å². The molecule has 2 saturated carbocycles. The number of nitrogens with zero attached hydrogens (tertiary/aromatic N) is 2. The number of carbonyl (C=O) groups excluding carboxylic acids is 4. The lowest BCUT2D eigenvalue weighted by Crippen LogP contribution is -2.50. The lowest BCUT2D eigenvalue weighted by atomic mass is 9.79. The Labute approximate surface area is 259 Å².